The van der Waals surface area contributed by atoms with Gasteiger partial charge in [0, 0.05) is 31.7 Å². The normalized spacial score (nSPS) is 19.6. The van der Waals surface area contributed by atoms with Crippen LogP contribution in [0.25, 0.3) is 10.8 Å². The largest absolute Gasteiger partial charge is 0.443 e. The van der Waals surface area contributed by atoms with E-state index in [2.05, 4.69) is 27.4 Å². The zero-order chi connectivity index (χ0) is 20.7. The minimum absolute atomic E-state index is 0. The van der Waals surface area contributed by atoms with E-state index in [-0.39, 0.29) is 29.5 Å². The minimum atomic E-state index is 0. The molecule has 2 N–H and O–H groups in total. The van der Waals surface area contributed by atoms with Crippen LogP contribution in [0.1, 0.15) is 44.7 Å². The van der Waals surface area contributed by atoms with Gasteiger partial charge in [-0.2, -0.15) is 0 Å². The minimum Gasteiger partial charge on any atom is -0.443 e. The number of hydrogen-bond donors (Lipinski definition) is 2. The predicted molar refractivity (Wildman–Crippen MR) is 136 cm³/mol. The quantitative estimate of drug-likeness (QED) is 0.302. The van der Waals surface area contributed by atoms with E-state index in [4.69, 9.17) is 14.1 Å². The summed E-state index contributed by atoms with van der Waals surface area (Å²) < 4.78 is 11.2. The Morgan fingerprint density at radius 3 is 2.74 bits per heavy atom. The van der Waals surface area contributed by atoms with Gasteiger partial charge in [0.2, 0.25) is 5.89 Å². The molecule has 0 amide bonds. The number of nitrogens with zero attached hydrogens (tertiary/aromatic N) is 3. The first-order valence-corrected chi connectivity index (χ1v) is 12.0. The first kappa shape index (κ1) is 24.5. The molecular weight excluding hydrogens is 525 g/mol. The van der Waals surface area contributed by atoms with Crippen LogP contribution in [-0.4, -0.2) is 60.8 Å². The number of guanidine groups is 1. The molecule has 9 heteroatoms. The second kappa shape index (κ2) is 12.2. The van der Waals surface area contributed by atoms with Crippen LogP contribution < -0.4 is 10.6 Å². The van der Waals surface area contributed by atoms with Crippen LogP contribution in [0.2, 0.25) is 0 Å². The van der Waals surface area contributed by atoms with Crippen molar-refractivity contribution in [2.75, 3.05) is 39.4 Å². The van der Waals surface area contributed by atoms with Gasteiger partial charge in [0.15, 0.2) is 5.96 Å². The van der Waals surface area contributed by atoms with Crippen molar-refractivity contribution >= 4 is 41.3 Å². The van der Waals surface area contributed by atoms with Gasteiger partial charge in [0.1, 0.15) is 12.0 Å². The highest BCUT2D eigenvalue weighted by Crippen LogP contribution is 2.33. The van der Waals surface area contributed by atoms with Crippen molar-refractivity contribution in [1.82, 2.24) is 20.5 Å². The number of rotatable bonds is 7. The Morgan fingerprint density at radius 1 is 1.23 bits per heavy atom. The number of aromatic nitrogens is 1. The maximum atomic E-state index is 5.62. The maximum Gasteiger partial charge on any atom is 0.236 e. The van der Waals surface area contributed by atoms with E-state index >= 15 is 0 Å². The first-order valence-electron chi connectivity index (χ1n) is 11.1. The molecular formula is C22H34IN5O2S. The highest BCUT2D eigenvalue weighted by Gasteiger charge is 2.38. The van der Waals surface area contributed by atoms with Gasteiger partial charge in [0.25, 0.3) is 0 Å². The van der Waals surface area contributed by atoms with Crippen molar-refractivity contribution < 1.29 is 9.15 Å². The predicted octanol–water partition coefficient (Wildman–Crippen LogP) is 4.11. The third kappa shape index (κ3) is 6.43. The van der Waals surface area contributed by atoms with Gasteiger partial charge in [0.05, 0.1) is 24.6 Å². The Hall–Kier alpha value is -1.17. The molecule has 1 aliphatic heterocycles. The van der Waals surface area contributed by atoms with Crippen LogP contribution in [0.4, 0.5) is 0 Å². The number of aliphatic imine (C=N–C) groups is 1. The fraction of sp³-hybridized carbons (Fsp3) is 0.636. The van der Waals surface area contributed by atoms with Gasteiger partial charge in [-0.1, -0.05) is 25.3 Å². The molecule has 0 radical (unpaired) electrons. The Bertz CT molecular complexity index is 799. The van der Waals surface area contributed by atoms with Crippen molar-refractivity contribution in [3.63, 3.8) is 0 Å². The molecule has 2 aliphatic rings. The average molecular weight is 560 g/mol. The molecule has 2 fully saturated rings. The maximum absolute atomic E-state index is 5.62. The van der Waals surface area contributed by atoms with E-state index < -0.39 is 0 Å². The standard InChI is InChI=1S/C22H33N5O2S.HI/c1-2-23-21(24-15-18-16-29-20(26-18)19-7-6-14-30-19)25-17-22(8-4-3-5-9-22)27-10-12-28-13-11-27;/h6-7,14,16H,2-5,8-13,15,17H2,1H3,(H2,23,24,25);1H. The number of morpholine rings is 1. The second-order valence-corrected chi connectivity index (χ2v) is 9.00. The summed E-state index contributed by atoms with van der Waals surface area (Å²) in [6.45, 7) is 8.08. The number of halogens is 1. The molecule has 0 atom stereocenters. The summed E-state index contributed by atoms with van der Waals surface area (Å²) in [7, 11) is 0. The molecule has 4 rings (SSSR count). The van der Waals surface area contributed by atoms with Crippen LogP contribution in [0.15, 0.2) is 33.2 Å². The van der Waals surface area contributed by atoms with Crippen LogP contribution in [-0.2, 0) is 11.3 Å². The summed E-state index contributed by atoms with van der Waals surface area (Å²) in [5.74, 6) is 1.51. The Kier molecular flexibility index (Phi) is 9.61. The third-order valence-electron chi connectivity index (χ3n) is 6.08. The van der Waals surface area contributed by atoms with E-state index in [1.54, 1.807) is 17.6 Å². The van der Waals surface area contributed by atoms with Crippen molar-refractivity contribution in [2.45, 2.75) is 51.1 Å². The van der Waals surface area contributed by atoms with Crippen LogP contribution in [0.3, 0.4) is 0 Å². The topological polar surface area (TPSA) is 74.9 Å². The van der Waals surface area contributed by atoms with E-state index in [1.165, 1.54) is 32.1 Å². The van der Waals surface area contributed by atoms with Gasteiger partial charge in [-0.25, -0.2) is 9.98 Å². The lowest BCUT2D eigenvalue weighted by atomic mass is 9.80. The lowest BCUT2D eigenvalue weighted by Gasteiger charge is -2.48. The summed E-state index contributed by atoms with van der Waals surface area (Å²) in [4.78, 5) is 13.0. The molecule has 1 aliphatic carbocycles. The first-order chi connectivity index (χ1) is 14.8. The Balaban J connectivity index is 0.00000272. The fourth-order valence-corrected chi connectivity index (χ4v) is 5.15. The number of nitrogens with one attached hydrogen (secondary N) is 2. The molecule has 2 aromatic rings. The number of oxazole rings is 1. The highest BCUT2D eigenvalue weighted by atomic mass is 127. The monoisotopic (exact) mass is 559 g/mol. The van der Waals surface area contributed by atoms with Crippen molar-refractivity contribution in [3.8, 4) is 10.8 Å². The van der Waals surface area contributed by atoms with Gasteiger partial charge in [-0.05, 0) is 31.2 Å². The smallest absolute Gasteiger partial charge is 0.236 e. The van der Waals surface area contributed by atoms with E-state index in [0.29, 0.717) is 12.4 Å². The second-order valence-electron chi connectivity index (χ2n) is 8.05. The van der Waals surface area contributed by atoms with Crippen LogP contribution >= 0.6 is 35.3 Å². The van der Waals surface area contributed by atoms with Gasteiger partial charge >= 0.3 is 0 Å². The summed E-state index contributed by atoms with van der Waals surface area (Å²) >= 11 is 1.63. The molecule has 0 spiro atoms. The molecule has 1 saturated heterocycles. The van der Waals surface area contributed by atoms with Crippen LogP contribution in [0, 0.1) is 0 Å². The zero-order valence-electron chi connectivity index (χ0n) is 18.3. The zero-order valence-corrected chi connectivity index (χ0v) is 21.4. The lowest BCUT2D eigenvalue weighted by molar-refractivity contribution is -0.0352. The van der Waals surface area contributed by atoms with Crippen LogP contribution in [0.5, 0.6) is 0 Å². The molecule has 31 heavy (non-hydrogen) atoms. The third-order valence-corrected chi connectivity index (χ3v) is 6.94. The molecule has 0 bridgehead atoms. The van der Waals surface area contributed by atoms with Gasteiger partial charge < -0.3 is 19.8 Å². The number of ether oxygens (including phenoxy) is 1. The van der Waals surface area contributed by atoms with Gasteiger partial charge in [-0.3, -0.25) is 4.90 Å². The fourth-order valence-electron chi connectivity index (χ4n) is 4.50. The molecule has 2 aromatic heterocycles. The van der Waals surface area contributed by atoms with Crippen molar-refractivity contribution in [1.29, 1.82) is 0 Å². The summed E-state index contributed by atoms with van der Waals surface area (Å²) in [6.07, 6.45) is 8.14. The summed E-state index contributed by atoms with van der Waals surface area (Å²) in [5, 5.41) is 9.05. The van der Waals surface area contributed by atoms with E-state index in [1.807, 2.05) is 17.5 Å². The summed E-state index contributed by atoms with van der Waals surface area (Å²) in [5.41, 5.74) is 1.05. The molecule has 7 nitrogen and oxygen atoms in total. The average Bonchev–Trinajstić information content (AvgIpc) is 3.49. The SMILES string of the molecule is CCNC(=NCc1coc(-c2cccs2)n1)NCC1(N2CCOCC2)CCCCC1.I. The lowest BCUT2D eigenvalue weighted by Crippen LogP contribution is -2.60. The molecule has 0 aromatic carbocycles. The summed E-state index contributed by atoms with van der Waals surface area (Å²) in [6, 6.07) is 4.02. The highest BCUT2D eigenvalue weighted by molar-refractivity contribution is 14.0. The number of thiophene rings is 1. The Labute approximate surface area is 206 Å². The van der Waals surface area contributed by atoms with Crippen molar-refractivity contribution in [2.24, 2.45) is 4.99 Å². The van der Waals surface area contributed by atoms with Gasteiger partial charge in [-0.15, -0.1) is 35.3 Å². The Morgan fingerprint density at radius 2 is 2.03 bits per heavy atom. The molecule has 0 unspecified atom stereocenters. The molecule has 172 valence electrons. The molecule has 1 saturated carbocycles. The number of hydrogen-bond acceptors (Lipinski definition) is 6. The van der Waals surface area contributed by atoms with E-state index in [0.717, 1.165) is 55.9 Å². The van der Waals surface area contributed by atoms with E-state index in [9.17, 15) is 0 Å². The van der Waals surface area contributed by atoms with Crippen molar-refractivity contribution in [3.05, 3.63) is 29.5 Å². The molecule has 3 heterocycles.